The largest absolute Gasteiger partial charge is 0.380 e. The summed E-state index contributed by atoms with van der Waals surface area (Å²) in [5.74, 6) is 1.15. The molecule has 1 saturated heterocycles. The molecule has 88 valence electrons. The molecule has 16 heavy (non-hydrogen) atoms. The molecular formula is C13H18ClNO. The van der Waals surface area contributed by atoms with Crippen LogP contribution in [0, 0.1) is 5.92 Å². The highest BCUT2D eigenvalue weighted by Crippen LogP contribution is 2.22. The molecule has 0 radical (unpaired) electrons. The minimum Gasteiger partial charge on any atom is -0.380 e. The summed E-state index contributed by atoms with van der Waals surface area (Å²) in [5, 5.41) is 0. The Morgan fingerprint density at radius 1 is 1.31 bits per heavy atom. The van der Waals surface area contributed by atoms with Crippen molar-refractivity contribution < 1.29 is 4.74 Å². The van der Waals surface area contributed by atoms with Crippen molar-refractivity contribution in [2.75, 3.05) is 26.1 Å². The number of hydrogen-bond acceptors (Lipinski definition) is 2. The van der Waals surface area contributed by atoms with Crippen LogP contribution in [0.1, 0.15) is 5.56 Å². The topological polar surface area (TPSA) is 12.5 Å². The molecule has 0 aliphatic carbocycles. The van der Waals surface area contributed by atoms with E-state index in [0.29, 0.717) is 17.9 Å². The Balaban J connectivity index is 1.93. The van der Waals surface area contributed by atoms with Crippen molar-refractivity contribution in [3.63, 3.8) is 0 Å². The molecule has 0 spiro atoms. The number of benzene rings is 1. The van der Waals surface area contributed by atoms with Gasteiger partial charge in [0, 0.05) is 38.5 Å². The van der Waals surface area contributed by atoms with E-state index in [2.05, 4.69) is 29.2 Å². The molecule has 1 fully saturated rings. The van der Waals surface area contributed by atoms with Crippen molar-refractivity contribution in [3.8, 4) is 0 Å². The second kappa shape index (κ2) is 5.67. The summed E-state index contributed by atoms with van der Waals surface area (Å²) in [5.41, 5.74) is 1.35. The number of alkyl halides is 1. The second-order valence-electron chi connectivity index (χ2n) is 4.37. The van der Waals surface area contributed by atoms with Crippen molar-refractivity contribution >= 4 is 11.6 Å². The van der Waals surface area contributed by atoms with E-state index >= 15 is 0 Å². The van der Waals surface area contributed by atoms with E-state index in [1.807, 2.05) is 6.07 Å². The average molecular weight is 240 g/mol. The minimum absolute atomic E-state index is 0.293. The van der Waals surface area contributed by atoms with E-state index in [1.54, 1.807) is 7.11 Å². The minimum atomic E-state index is 0.293. The molecule has 2 atom stereocenters. The lowest BCUT2D eigenvalue weighted by atomic mass is 10.1. The average Bonchev–Trinajstić information content (AvgIpc) is 2.72. The molecule has 0 N–H and O–H groups in total. The van der Waals surface area contributed by atoms with Crippen LogP contribution in [0.3, 0.4) is 0 Å². The van der Waals surface area contributed by atoms with E-state index in [9.17, 15) is 0 Å². The molecule has 1 aromatic rings. The number of methoxy groups -OCH3 is 1. The smallest absolute Gasteiger partial charge is 0.0750 e. The van der Waals surface area contributed by atoms with Gasteiger partial charge in [0.1, 0.15) is 0 Å². The van der Waals surface area contributed by atoms with Crippen LogP contribution < -0.4 is 0 Å². The molecule has 2 rings (SSSR count). The first-order valence-electron chi connectivity index (χ1n) is 5.68. The van der Waals surface area contributed by atoms with E-state index in [0.717, 1.165) is 19.6 Å². The Morgan fingerprint density at radius 3 is 2.62 bits per heavy atom. The zero-order chi connectivity index (χ0) is 11.4. The summed E-state index contributed by atoms with van der Waals surface area (Å²) >= 11 is 5.94. The molecule has 0 bridgehead atoms. The summed E-state index contributed by atoms with van der Waals surface area (Å²) in [6.45, 7) is 3.02. The molecular weight excluding hydrogens is 222 g/mol. The van der Waals surface area contributed by atoms with Gasteiger partial charge in [0.25, 0.3) is 0 Å². The maximum Gasteiger partial charge on any atom is 0.0750 e. The Bertz CT molecular complexity index is 305. The van der Waals surface area contributed by atoms with Gasteiger partial charge in [-0.25, -0.2) is 0 Å². The first kappa shape index (κ1) is 11.9. The van der Waals surface area contributed by atoms with Crippen LogP contribution in [-0.4, -0.2) is 37.1 Å². The van der Waals surface area contributed by atoms with Crippen LogP contribution in [0.25, 0.3) is 0 Å². The number of likely N-dealkylation sites (tertiary alicyclic amines) is 1. The highest BCUT2D eigenvalue weighted by atomic mass is 35.5. The van der Waals surface area contributed by atoms with Gasteiger partial charge < -0.3 is 4.74 Å². The highest BCUT2D eigenvalue weighted by Gasteiger charge is 2.31. The molecule has 0 aromatic heterocycles. The lowest BCUT2D eigenvalue weighted by molar-refractivity contribution is 0.0842. The van der Waals surface area contributed by atoms with E-state index in [4.69, 9.17) is 16.3 Å². The first-order chi connectivity index (χ1) is 7.83. The number of nitrogens with zero attached hydrogens (tertiary/aromatic N) is 1. The van der Waals surface area contributed by atoms with Crippen LogP contribution >= 0.6 is 11.6 Å². The molecule has 0 amide bonds. The van der Waals surface area contributed by atoms with Gasteiger partial charge >= 0.3 is 0 Å². The summed E-state index contributed by atoms with van der Waals surface area (Å²) in [7, 11) is 1.77. The fourth-order valence-electron chi connectivity index (χ4n) is 2.31. The fraction of sp³-hybridized carbons (Fsp3) is 0.538. The molecule has 2 nitrogen and oxygen atoms in total. The Kier molecular flexibility index (Phi) is 4.22. The highest BCUT2D eigenvalue weighted by molar-refractivity contribution is 6.18. The van der Waals surface area contributed by atoms with E-state index < -0.39 is 0 Å². The molecule has 2 unspecified atom stereocenters. The summed E-state index contributed by atoms with van der Waals surface area (Å²) in [6, 6.07) is 10.5. The first-order valence-corrected chi connectivity index (χ1v) is 6.22. The Hall–Kier alpha value is -0.570. The predicted molar refractivity (Wildman–Crippen MR) is 66.7 cm³/mol. The van der Waals surface area contributed by atoms with E-state index in [-0.39, 0.29) is 0 Å². The summed E-state index contributed by atoms with van der Waals surface area (Å²) in [4.78, 5) is 2.41. The zero-order valence-electron chi connectivity index (χ0n) is 9.60. The van der Waals surface area contributed by atoms with Gasteiger partial charge in [-0.05, 0) is 5.56 Å². The van der Waals surface area contributed by atoms with Gasteiger partial charge in [-0.1, -0.05) is 30.3 Å². The number of halogens is 1. The third kappa shape index (κ3) is 2.76. The third-order valence-corrected chi connectivity index (χ3v) is 3.60. The van der Waals surface area contributed by atoms with Gasteiger partial charge in [0.2, 0.25) is 0 Å². The van der Waals surface area contributed by atoms with Crippen LogP contribution in [0.15, 0.2) is 30.3 Å². The molecule has 1 heterocycles. The number of hydrogen-bond donors (Lipinski definition) is 0. The lowest BCUT2D eigenvalue weighted by Crippen LogP contribution is -2.23. The maximum absolute atomic E-state index is 5.94. The van der Waals surface area contributed by atoms with E-state index in [1.165, 1.54) is 5.56 Å². The number of ether oxygens (including phenoxy) is 1. The molecule has 3 heteroatoms. The monoisotopic (exact) mass is 239 g/mol. The fourth-order valence-corrected chi connectivity index (χ4v) is 2.61. The summed E-state index contributed by atoms with van der Waals surface area (Å²) < 4.78 is 5.46. The van der Waals surface area contributed by atoms with Crippen molar-refractivity contribution in [1.82, 2.24) is 4.90 Å². The predicted octanol–water partition coefficient (Wildman–Crippen LogP) is 2.37. The van der Waals surface area contributed by atoms with Crippen molar-refractivity contribution in [3.05, 3.63) is 35.9 Å². The van der Waals surface area contributed by atoms with Crippen LogP contribution in [-0.2, 0) is 11.3 Å². The van der Waals surface area contributed by atoms with Crippen molar-refractivity contribution in [1.29, 1.82) is 0 Å². The standard InChI is InChI=1S/C13H18ClNO/c1-16-13-10-15(9-12(13)7-14)8-11-5-3-2-4-6-11/h2-6,12-13H,7-10H2,1H3. The van der Waals surface area contributed by atoms with Gasteiger partial charge in [-0.15, -0.1) is 11.6 Å². The lowest BCUT2D eigenvalue weighted by Gasteiger charge is -2.15. The van der Waals surface area contributed by atoms with Crippen LogP contribution in [0.4, 0.5) is 0 Å². The van der Waals surface area contributed by atoms with Crippen LogP contribution in [0.5, 0.6) is 0 Å². The quantitative estimate of drug-likeness (QED) is 0.748. The maximum atomic E-state index is 5.94. The van der Waals surface area contributed by atoms with Gasteiger partial charge in [-0.2, -0.15) is 0 Å². The van der Waals surface area contributed by atoms with Gasteiger partial charge in [-0.3, -0.25) is 4.90 Å². The molecule has 1 aromatic carbocycles. The normalized spacial score (nSPS) is 26.1. The second-order valence-corrected chi connectivity index (χ2v) is 4.68. The molecule has 1 aliphatic rings. The summed E-state index contributed by atoms with van der Waals surface area (Å²) in [6.07, 6.45) is 0.293. The Labute approximate surface area is 102 Å². The van der Waals surface area contributed by atoms with Gasteiger partial charge in [0.15, 0.2) is 0 Å². The number of rotatable bonds is 4. The third-order valence-electron chi connectivity index (χ3n) is 3.21. The Morgan fingerprint density at radius 2 is 2.06 bits per heavy atom. The molecule has 0 saturated carbocycles. The molecule has 1 aliphatic heterocycles. The van der Waals surface area contributed by atoms with Crippen molar-refractivity contribution in [2.45, 2.75) is 12.6 Å². The van der Waals surface area contributed by atoms with Gasteiger partial charge in [0.05, 0.1) is 6.10 Å². The van der Waals surface area contributed by atoms with Crippen LogP contribution in [0.2, 0.25) is 0 Å². The zero-order valence-corrected chi connectivity index (χ0v) is 10.4. The van der Waals surface area contributed by atoms with Crippen molar-refractivity contribution in [2.24, 2.45) is 5.92 Å². The SMILES string of the molecule is COC1CN(Cc2ccccc2)CC1CCl.